The van der Waals surface area contributed by atoms with Gasteiger partial charge in [0.25, 0.3) is 5.56 Å². The fourth-order valence-electron chi connectivity index (χ4n) is 3.01. The molecule has 0 aliphatic heterocycles. The third-order valence-corrected chi connectivity index (χ3v) is 4.56. The Kier molecular flexibility index (Phi) is 4.90. The van der Waals surface area contributed by atoms with Gasteiger partial charge in [-0.3, -0.25) is 9.78 Å². The first-order chi connectivity index (χ1) is 14.1. The van der Waals surface area contributed by atoms with Crippen LogP contribution in [-0.2, 0) is 13.6 Å². The Morgan fingerprint density at radius 2 is 1.97 bits per heavy atom. The van der Waals surface area contributed by atoms with Gasteiger partial charge in [-0.25, -0.2) is 14.4 Å². The molecule has 0 aliphatic carbocycles. The van der Waals surface area contributed by atoms with Crippen molar-refractivity contribution in [3.8, 4) is 17.0 Å². The van der Waals surface area contributed by atoms with E-state index in [-0.39, 0.29) is 11.3 Å². The number of halogens is 1. The van der Waals surface area contributed by atoms with Gasteiger partial charge in [0.1, 0.15) is 11.2 Å². The predicted octanol–water partition coefficient (Wildman–Crippen LogP) is 3.15. The van der Waals surface area contributed by atoms with Crippen LogP contribution in [0.2, 0.25) is 0 Å². The van der Waals surface area contributed by atoms with Gasteiger partial charge in [0.2, 0.25) is 0 Å². The maximum absolute atomic E-state index is 14.2. The third kappa shape index (κ3) is 3.64. The summed E-state index contributed by atoms with van der Waals surface area (Å²) in [7, 11) is 3.04. The molecule has 4 rings (SSSR count). The Morgan fingerprint density at radius 3 is 2.69 bits per heavy atom. The summed E-state index contributed by atoms with van der Waals surface area (Å²) in [6, 6.07) is 10.0. The number of hydrogen-bond donors (Lipinski definition) is 1. The van der Waals surface area contributed by atoms with Gasteiger partial charge < -0.3 is 14.6 Å². The highest BCUT2D eigenvalue weighted by atomic mass is 19.1. The summed E-state index contributed by atoms with van der Waals surface area (Å²) in [6.45, 7) is 0.448. The lowest BCUT2D eigenvalue weighted by Gasteiger charge is -2.12. The molecule has 146 valence electrons. The number of rotatable bonds is 5. The molecule has 0 unspecified atom stereocenters. The molecule has 0 bridgehead atoms. The van der Waals surface area contributed by atoms with Gasteiger partial charge in [-0.1, -0.05) is 0 Å². The van der Waals surface area contributed by atoms with Crippen LogP contribution in [0.3, 0.4) is 0 Å². The number of anilines is 1. The number of benzene rings is 1. The van der Waals surface area contributed by atoms with Gasteiger partial charge >= 0.3 is 0 Å². The minimum Gasteiger partial charge on any atom is -0.494 e. The molecule has 0 saturated heterocycles. The lowest BCUT2D eigenvalue weighted by atomic mass is 10.1. The molecule has 3 aromatic heterocycles. The van der Waals surface area contributed by atoms with Crippen molar-refractivity contribution in [1.29, 1.82) is 0 Å². The fourth-order valence-corrected chi connectivity index (χ4v) is 3.01. The SMILES string of the molecule is COc1ccc(-c2cc3ncn(C)c(=O)c3c(NCc3ccncc3)n2)cc1F. The van der Waals surface area contributed by atoms with Crippen LogP contribution in [-0.4, -0.2) is 26.6 Å². The molecular formula is C21H18FN5O2. The van der Waals surface area contributed by atoms with Gasteiger partial charge in [0, 0.05) is 31.5 Å². The average molecular weight is 391 g/mol. The smallest absolute Gasteiger partial charge is 0.264 e. The van der Waals surface area contributed by atoms with Crippen LogP contribution in [0.1, 0.15) is 5.56 Å². The predicted molar refractivity (Wildman–Crippen MR) is 108 cm³/mol. The molecule has 8 heteroatoms. The molecule has 3 heterocycles. The van der Waals surface area contributed by atoms with E-state index in [1.165, 1.54) is 30.1 Å². The highest BCUT2D eigenvalue weighted by Crippen LogP contribution is 2.28. The lowest BCUT2D eigenvalue weighted by Crippen LogP contribution is -2.19. The summed E-state index contributed by atoms with van der Waals surface area (Å²) >= 11 is 0. The first kappa shape index (κ1) is 18.5. The second-order valence-corrected chi connectivity index (χ2v) is 6.47. The zero-order valence-electron chi connectivity index (χ0n) is 15.9. The molecule has 29 heavy (non-hydrogen) atoms. The summed E-state index contributed by atoms with van der Waals surface area (Å²) in [5, 5.41) is 3.59. The van der Waals surface area contributed by atoms with Crippen molar-refractivity contribution < 1.29 is 9.13 Å². The molecule has 0 radical (unpaired) electrons. The Labute approximate surface area is 165 Å². The molecule has 4 aromatic rings. The van der Waals surface area contributed by atoms with Crippen LogP contribution in [0.25, 0.3) is 22.2 Å². The monoisotopic (exact) mass is 391 g/mol. The van der Waals surface area contributed by atoms with Crippen LogP contribution in [0.15, 0.2) is 59.9 Å². The van der Waals surface area contributed by atoms with Gasteiger partial charge in [-0.05, 0) is 42.0 Å². The number of hydrogen-bond acceptors (Lipinski definition) is 6. The number of ether oxygens (including phenoxy) is 1. The first-order valence-electron chi connectivity index (χ1n) is 8.90. The highest BCUT2D eigenvalue weighted by molar-refractivity contribution is 5.91. The average Bonchev–Trinajstić information content (AvgIpc) is 2.75. The van der Waals surface area contributed by atoms with E-state index in [2.05, 4.69) is 20.3 Å². The molecule has 0 aliphatic rings. The molecule has 0 amide bonds. The van der Waals surface area contributed by atoms with Crippen LogP contribution in [0.4, 0.5) is 10.2 Å². The Bertz CT molecular complexity index is 1240. The molecule has 0 atom stereocenters. The van der Waals surface area contributed by atoms with Gasteiger partial charge in [-0.2, -0.15) is 0 Å². The van der Waals surface area contributed by atoms with E-state index in [1.807, 2.05) is 12.1 Å². The second kappa shape index (κ2) is 7.67. The Morgan fingerprint density at radius 1 is 1.17 bits per heavy atom. The molecule has 0 saturated carbocycles. The molecule has 1 N–H and O–H groups in total. The Hall–Kier alpha value is -3.81. The number of methoxy groups -OCH3 is 1. The second-order valence-electron chi connectivity index (χ2n) is 6.47. The molecular weight excluding hydrogens is 373 g/mol. The number of aromatic nitrogens is 4. The first-order valence-corrected chi connectivity index (χ1v) is 8.90. The summed E-state index contributed by atoms with van der Waals surface area (Å²) < 4.78 is 20.6. The van der Waals surface area contributed by atoms with Crippen LogP contribution in [0, 0.1) is 5.82 Å². The van der Waals surface area contributed by atoms with E-state index < -0.39 is 5.82 Å². The summed E-state index contributed by atoms with van der Waals surface area (Å²) in [5.74, 6) is 0.0481. The standard InChI is InChI=1S/C21H18FN5O2/c1-27-12-25-17-10-16(14-3-4-18(29-2)15(22)9-14)26-20(19(17)21(27)28)24-11-13-5-7-23-8-6-13/h3-10,12H,11H2,1-2H3,(H,24,26). The zero-order chi connectivity index (χ0) is 20.4. The molecule has 1 aromatic carbocycles. The number of aryl methyl sites for hydroxylation is 1. The van der Waals surface area contributed by atoms with Crippen molar-refractivity contribution in [3.05, 3.63) is 76.9 Å². The van der Waals surface area contributed by atoms with Crippen molar-refractivity contribution in [1.82, 2.24) is 19.5 Å². The summed E-state index contributed by atoms with van der Waals surface area (Å²) in [5.41, 5.74) is 2.30. The summed E-state index contributed by atoms with van der Waals surface area (Å²) in [6.07, 6.45) is 4.84. The van der Waals surface area contributed by atoms with E-state index >= 15 is 0 Å². The van der Waals surface area contributed by atoms with Crippen molar-refractivity contribution in [3.63, 3.8) is 0 Å². The van der Waals surface area contributed by atoms with E-state index in [0.717, 1.165) is 5.56 Å². The van der Waals surface area contributed by atoms with Gasteiger partial charge in [0.05, 0.1) is 24.6 Å². The van der Waals surface area contributed by atoms with Crippen LogP contribution in [0.5, 0.6) is 5.75 Å². The number of fused-ring (bicyclic) bond motifs is 1. The van der Waals surface area contributed by atoms with Crippen molar-refractivity contribution >= 4 is 16.7 Å². The van der Waals surface area contributed by atoms with E-state index in [9.17, 15) is 9.18 Å². The van der Waals surface area contributed by atoms with Crippen molar-refractivity contribution in [2.45, 2.75) is 6.54 Å². The van der Waals surface area contributed by atoms with Gasteiger partial charge in [-0.15, -0.1) is 0 Å². The quantitative estimate of drug-likeness (QED) is 0.563. The van der Waals surface area contributed by atoms with Crippen LogP contribution >= 0.6 is 0 Å². The van der Waals surface area contributed by atoms with Crippen molar-refractivity contribution in [2.24, 2.45) is 7.05 Å². The van der Waals surface area contributed by atoms with Crippen molar-refractivity contribution in [2.75, 3.05) is 12.4 Å². The highest BCUT2D eigenvalue weighted by Gasteiger charge is 2.14. The maximum Gasteiger partial charge on any atom is 0.264 e. The minimum atomic E-state index is -0.491. The zero-order valence-corrected chi connectivity index (χ0v) is 15.9. The number of nitrogens with one attached hydrogen (secondary N) is 1. The fraction of sp³-hybridized carbons (Fsp3) is 0.143. The molecule has 0 fully saturated rings. The summed E-state index contributed by atoms with van der Waals surface area (Å²) in [4.78, 5) is 25.7. The largest absolute Gasteiger partial charge is 0.494 e. The topological polar surface area (TPSA) is 81.9 Å². The van der Waals surface area contributed by atoms with E-state index in [1.54, 1.807) is 31.6 Å². The van der Waals surface area contributed by atoms with E-state index in [4.69, 9.17) is 4.74 Å². The molecule has 0 spiro atoms. The number of pyridine rings is 2. The minimum absolute atomic E-state index is 0.151. The lowest BCUT2D eigenvalue weighted by molar-refractivity contribution is 0.386. The van der Waals surface area contributed by atoms with Crippen LogP contribution < -0.4 is 15.6 Å². The maximum atomic E-state index is 14.2. The normalized spacial score (nSPS) is 10.9. The third-order valence-electron chi connectivity index (χ3n) is 4.56. The number of nitrogens with zero attached hydrogens (tertiary/aromatic N) is 4. The Balaban J connectivity index is 1.84. The van der Waals surface area contributed by atoms with E-state index in [0.29, 0.717) is 34.5 Å². The van der Waals surface area contributed by atoms with Gasteiger partial charge in [0.15, 0.2) is 11.6 Å². The molecule has 7 nitrogen and oxygen atoms in total.